The fourth-order valence-electron chi connectivity index (χ4n) is 3.79. The summed E-state index contributed by atoms with van der Waals surface area (Å²) in [5, 5.41) is 7.63. The van der Waals surface area contributed by atoms with Gasteiger partial charge in [-0.2, -0.15) is 4.98 Å². The van der Waals surface area contributed by atoms with Crippen LogP contribution < -0.4 is 5.32 Å². The molecule has 1 aromatic rings. The number of likely N-dealkylation sites (N-methyl/N-ethyl adjacent to an activating group) is 1. The number of ether oxygens (including phenoxy) is 1. The molecule has 1 aliphatic heterocycles. The Kier molecular flexibility index (Phi) is 4.91. The second-order valence-corrected chi connectivity index (χ2v) is 6.49. The van der Waals surface area contributed by atoms with E-state index in [0.717, 1.165) is 30.7 Å². The summed E-state index contributed by atoms with van der Waals surface area (Å²) in [6.07, 6.45) is 7.33. The van der Waals surface area contributed by atoms with Gasteiger partial charge in [0, 0.05) is 18.6 Å². The summed E-state index contributed by atoms with van der Waals surface area (Å²) in [5.41, 5.74) is 0. The molecule has 5 heteroatoms. The van der Waals surface area contributed by atoms with Crippen LogP contribution in [0.5, 0.6) is 0 Å². The maximum Gasteiger partial charge on any atom is 0.233 e. The van der Waals surface area contributed by atoms with Gasteiger partial charge in [0.2, 0.25) is 5.89 Å². The summed E-state index contributed by atoms with van der Waals surface area (Å²) >= 11 is 0. The first kappa shape index (κ1) is 15.0. The van der Waals surface area contributed by atoms with Crippen molar-refractivity contribution >= 4 is 0 Å². The van der Waals surface area contributed by atoms with Crippen molar-refractivity contribution in [1.82, 2.24) is 15.5 Å². The molecule has 1 aromatic heterocycles. The Morgan fingerprint density at radius 2 is 2.19 bits per heavy atom. The molecule has 4 unspecified atom stereocenters. The van der Waals surface area contributed by atoms with Crippen molar-refractivity contribution in [2.45, 2.75) is 63.3 Å². The smallest absolute Gasteiger partial charge is 0.233 e. The van der Waals surface area contributed by atoms with E-state index in [9.17, 15) is 0 Å². The van der Waals surface area contributed by atoms with Crippen molar-refractivity contribution in [2.24, 2.45) is 5.92 Å². The third-order valence-corrected chi connectivity index (χ3v) is 5.23. The molecule has 0 amide bonds. The molecular formula is C16H27N3O2. The zero-order valence-electron chi connectivity index (χ0n) is 13.2. The van der Waals surface area contributed by atoms with Crippen LogP contribution in [-0.2, 0) is 4.74 Å². The second kappa shape index (κ2) is 6.88. The predicted molar refractivity (Wildman–Crippen MR) is 80.3 cm³/mol. The Morgan fingerprint density at radius 3 is 3.00 bits per heavy atom. The summed E-state index contributed by atoms with van der Waals surface area (Å²) in [5.74, 6) is 3.18. The van der Waals surface area contributed by atoms with E-state index in [1.807, 2.05) is 7.05 Å². The van der Waals surface area contributed by atoms with Gasteiger partial charge in [0.25, 0.3) is 0 Å². The Bertz CT molecular complexity index is 448. The van der Waals surface area contributed by atoms with Crippen LogP contribution in [0.4, 0.5) is 0 Å². The van der Waals surface area contributed by atoms with Gasteiger partial charge < -0.3 is 14.6 Å². The largest absolute Gasteiger partial charge is 0.381 e. The van der Waals surface area contributed by atoms with Crippen molar-refractivity contribution in [1.29, 1.82) is 0 Å². The van der Waals surface area contributed by atoms with Gasteiger partial charge in [-0.15, -0.1) is 0 Å². The summed E-state index contributed by atoms with van der Waals surface area (Å²) in [7, 11) is 1.99. The van der Waals surface area contributed by atoms with Gasteiger partial charge in [-0.1, -0.05) is 31.3 Å². The fourth-order valence-corrected chi connectivity index (χ4v) is 3.79. The minimum Gasteiger partial charge on any atom is -0.381 e. The topological polar surface area (TPSA) is 60.2 Å². The van der Waals surface area contributed by atoms with Crippen molar-refractivity contribution in [3.63, 3.8) is 0 Å². The number of nitrogens with zero attached hydrogens (tertiary/aromatic N) is 2. The van der Waals surface area contributed by atoms with E-state index in [1.165, 1.54) is 32.1 Å². The van der Waals surface area contributed by atoms with E-state index in [1.54, 1.807) is 0 Å². The molecule has 1 saturated heterocycles. The maximum absolute atomic E-state index is 5.59. The lowest BCUT2D eigenvalue weighted by atomic mass is 9.80. The molecule has 5 nitrogen and oxygen atoms in total. The van der Waals surface area contributed by atoms with Crippen molar-refractivity contribution in [3.05, 3.63) is 11.7 Å². The lowest BCUT2D eigenvalue weighted by Gasteiger charge is -2.28. The number of hydrogen-bond donors (Lipinski definition) is 1. The Morgan fingerprint density at radius 1 is 1.29 bits per heavy atom. The average molecular weight is 293 g/mol. The molecule has 1 aliphatic carbocycles. The zero-order chi connectivity index (χ0) is 14.7. The predicted octanol–water partition coefficient (Wildman–Crippen LogP) is 2.85. The lowest BCUT2D eigenvalue weighted by molar-refractivity contribution is 0.0516. The van der Waals surface area contributed by atoms with Gasteiger partial charge in [-0.3, -0.25) is 0 Å². The molecule has 2 heterocycles. The molecule has 0 radical (unpaired) electrons. The Balaban J connectivity index is 1.70. The molecule has 2 fully saturated rings. The first-order valence-corrected chi connectivity index (χ1v) is 8.40. The highest BCUT2D eigenvalue weighted by atomic mass is 16.5. The van der Waals surface area contributed by atoms with Gasteiger partial charge >= 0.3 is 0 Å². The van der Waals surface area contributed by atoms with Crippen LogP contribution >= 0.6 is 0 Å². The number of aromatic nitrogens is 2. The zero-order valence-corrected chi connectivity index (χ0v) is 13.2. The fraction of sp³-hybridized carbons (Fsp3) is 0.875. The average Bonchev–Trinajstić information content (AvgIpc) is 3.04. The summed E-state index contributed by atoms with van der Waals surface area (Å²) in [4.78, 5) is 4.73. The van der Waals surface area contributed by atoms with Crippen LogP contribution in [0, 0.1) is 5.92 Å². The molecule has 1 saturated carbocycles. The minimum atomic E-state index is 0.190. The quantitative estimate of drug-likeness (QED) is 0.925. The summed E-state index contributed by atoms with van der Waals surface area (Å²) < 4.78 is 11.2. The molecule has 21 heavy (non-hydrogen) atoms. The van der Waals surface area contributed by atoms with E-state index in [4.69, 9.17) is 14.2 Å². The van der Waals surface area contributed by atoms with Crippen LogP contribution in [0.1, 0.15) is 69.0 Å². The molecule has 0 bridgehead atoms. The minimum absolute atomic E-state index is 0.190. The Labute approximate surface area is 126 Å². The van der Waals surface area contributed by atoms with Gasteiger partial charge in [0.05, 0.1) is 12.5 Å². The van der Waals surface area contributed by atoms with Gasteiger partial charge in [0.15, 0.2) is 5.82 Å². The molecule has 0 aromatic carbocycles. The normalized spacial score (nSPS) is 34.0. The third kappa shape index (κ3) is 3.29. The number of hydrogen-bond acceptors (Lipinski definition) is 5. The van der Waals surface area contributed by atoms with Crippen molar-refractivity contribution in [3.8, 4) is 0 Å². The highest BCUT2D eigenvalue weighted by Crippen LogP contribution is 2.37. The first-order valence-electron chi connectivity index (χ1n) is 8.40. The van der Waals surface area contributed by atoms with Gasteiger partial charge in [-0.05, 0) is 32.2 Å². The number of nitrogens with one attached hydrogen (secondary N) is 1. The third-order valence-electron chi connectivity index (χ3n) is 5.23. The molecule has 118 valence electrons. The molecule has 2 aliphatic rings. The highest BCUT2D eigenvalue weighted by molar-refractivity contribution is 5.04. The van der Waals surface area contributed by atoms with Crippen LogP contribution in [0.15, 0.2) is 4.52 Å². The lowest BCUT2D eigenvalue weighted by Crippen LogP contribution is -2.39. The maximum atomic E-state index is 5.59. The van der Waals surface area contributed by atoms with Crippen molar-refractivity contribution in [2.75, 3.05) is 20.3 Å². The SMILES string of the molecule is CCC1CCCC(c2noc(C3COCCC3NC)n2)C1. The van der Waals surface area contributed by atoms with Gasteiger partial charge in [-0.25, -0.2) is 0 Å². The second-order valence-electron chi connectivity index (χ2n) is 6.49. The summed E-state index contributed by atoms with van der Waals surface area (Å²) in [6.45, 7) is 3.77. The molecular weight excluding hydrogens is 266 g/mol. The number of rotatable bonds is 4. The Hall–Kier alpha value is -0.940. The van der Waals surface area contributed by atoms with Crippen LogP contribution in [0.25, 0.3) is 0 Å². The van der Waals surface area contributed by atoms with Crippen LogP contribution in [-0.4, -0.2) is 36.4 Å². The standard InChI is InChI=1S/C16H27N3O2/c1-3-11-5-4-6-12(9-11)15-18-16(21-19-15)13-10-20-8-7-14(13)17-2/h11-14,17H,3-10H2,1-2H3. The van der Waals surface area contributed by atoms with E-state index in [0.29, 0.717) is 18.6 Å². The van der Waals surface area contributed by atoms with Crippen molar-refractivity contribution < 1.29 is 9.26 Å². The monoisotopic (exact) mass is 293 g/mol. The van der Waals surface area contributed by atoms with E-state index < -0.39 is 0 Å². The van der Waals surface area contributed by atoms with E-state index in [2.05, 4.69) is 17.4 Å². The highest BCUT2D eigenvalue weighted by Gasteiger charge is 2.32. The van der Waals surface area contributed by atoms with Crippen LogP contribution in [0.2, 0.25) is 0 Å². The molecule has 1 N–H and O–H groups in total. The van der Waals surface area contributed by atoms with Gasteiger partial charge in [0.1, 0.15) is 0 Å². The molecule has 4 atom stereocenters. The summed E-state index contributed by atoms with van der Waals surface area (Å²) in [6, 6.07) is 0.377. The molecule has 0 spiro atoms. The van der Waals surface area contributed by atoms with E-state index in [-0.39, 0.29) is 5.92 Å². The van der Waals surface area contributed by atoms with E-state index >= 15 is 0 Å². The molecule has 3 rings (SSSR count). The van der Waals surface area contributed by atoms with Crippen LogP contribution in [0.3, 0.4) is 0 Å². The first-order chi connectivity index (χ1) is 10.3.